The van der Waals surface area contributed by atoms with Crippen LogP contribution in [-0.2, 0) is 11.2 Å². The Bertz CT molecular complexity index is 1010. The smallest absolute Gasteiger partial charge is 0.271 e. The minimum Gasteiger partial charge on any atom is -0.508 e. The van der Waals surface area contributed by atoms with Crippen molar-refractivity contribution in [2.75, 3.05) is 5.32 Å². The molecule has 3 aromatic rings. The summed E-state index contributed by atoms with van der Waals surface area (Å²) in [7, 11) is 0. The topological polar surface area (TPSA) is 90.8 Å². The van der Waals surface area contributed by atoms with E-state index in [2.05, 4.69) is 15.8 Å². The summed E-state index contributed by atoms with van der Waals surface area (Å²) in [4.78, 5) is 24.2. The van der Waals surface area contributed by atoms with Gasteiger partial charge in [0.1, 0.15) is 5.75 Å². The molecule has 3 N–H and O–H groups in total. The highest BCUT2D eigenvalue weighted by molar-refractivity contribution is 6.01. The lowest BCUT2D eigenvalue weighted by Gasteiger charge is -2.07. The molecule has 0 aliphatic rings. The number of carbonyl (C=O) groups excluding carboxylic acids is 2. The average Bonchev–Trinajstić information content (AvgIpc) is 2.73. The van der Waals surface area contributed by atoms with Gasteiger partial charge in [-0.1, -0.05) is 42.5 Å². The molecule has 6 heteroatoms. The summed E-state index contributed by atoms with van der Waals surface area (Å²) in [6.07, 6.45) is 0.312. The molecule has 0 radical (unpaired) electrons. The predicted octanol–water partition coefficient (Wildman–Crippen LogP) is 3.73. The molecule has 3 rings (SSSR count). The fraction of sp³-hybridized carbons (Fsp3) is 0.0870. The number of carbonyl (C=O) groups is 2. The van der Waals surface area contributed by atoms with Crippen molar-refractivity contribution in [1.82, 2.24) is 5.43 Å². The molecule has 29 heavy (non-hydrogen) atoms. The second kappa shape index (κ2) is 9.32. The van der Waals surface area contributed by atoms with Crippen LogP contribution in [-0.4, -0.2) is 22.6 Å². The van der Waals surface area contributed by atoms with Crippen molar-refractivity contribution in [2.45, 2.75) is 13.3 Å². The third-order valence-corrected chi connectivity index (χ3v) is 4.25. The maximum absolute atomic E-state index is 12.1. The number of hydrazone groups is 1. The molecule has 0 aliphatic heterocycles. The molecule has 6 nitrogen and oxygen atoms in total. The number of nitrogens with zero attached hydrogens (tertiary/aromatic N) is 1. The largest absolute Gasteiger partial charge is 0.508 e. The highest BCUT2D eigenvalue weighted by Gasteiger charge is 2.06. The second-order valence-electron chi connectivity index (χ2n) is 6.47. The average molecular weight is 387 g/mol. The van der Waals surface area contributed by atoms with Crippen molar-refractivity contribution in [3.63, 3.8) is 0 Å². The van der Waals surface area contributed by atoms with Crippen LogP contribution in [0.1, 0.15) is 28.4 Å². The lowest BCUT2D eigenvalue weighted by molar-refractivity contribution is -0.115. The van der Waals surface area contributed by atoms with Crippen molar-refractivity contribution in [2.24, 2.45) is 5.10 Å². The first-order valence-electron chi connectivity index (χ1n) is 9.09. The summed E-state index contributed by atoms with van der Waals surface area (Å²) in [5.41, 5.74) is 5.97. The monoisotopic (exact) mass is 387 g/mol. The van der Waals surface area contributed by atoms with Gasteiger partial charge in [-0.3, -0.25) is 9.59 Å². The molecule has 2 amide bonds. The first-order chi connectivity index (χ1) is 14.0. The molecule has 0 bridgehead atoms. The highest BCUT2D eigenvalue weighted by atomic mass is 16.3. The van der Waals surface area contributed by atoms with Gasteiger partial charge in [0, 0.05) is 11.3 Å². The van der Waals surface area contributed by atoms with Gasteiger partial charge in [0.05, 0.1) is 12.1 Å². The summed E-state index contributed by atoms with van der Waals surface area (Å²) in [6, 6.07) is 22.7. The number of rotatable bonds is 6. The van der Waals surface area contributed by atoms with Gasteiger partial charge in [0.15, 0.2) is 0 Å². The number of aromatic hydroxyl groups is 1. The van der Waals surface area contributed by atoms with E-state index in [1.54, 1.807) is 19.1 Å². The SMILES string of the molecule is C/C(=N\NC(=O)c1ccc(O)cc1)c1ccc(NC(=O)Cc2ccccc2)cc1. The summed E-state index contributed by atoms with van der Waals surface area (Å²) in [6.45, 7) is 1.78. The number of nitrogens with one attached hydrogen (secondary N) is 2. The van der Waals surface area contributed by atoms with E-state index in [9.17, 15) is 14.7 Å². The molecule has 0 aliphatic carbocycles. The lowest BCUT2D eigenvalue weighted by atomic mass is 10.1. The first-order valence-corrected chi connectivity index (χ1v) is 9.09. The van der Waals surface area contributed by atoms with Crippen molar-refractivity contribution in [3.8, 4) is 5.75 Å². The number of phenols is 1. The molecular weight excluding hydrogens is 366 g/mol. The van der Waals surface area contributed by atoms with Gasteiger partial charge < -0.3 is 10.4 Å². The predicted molar refractivity (Wildman–Crippen MR) is 113 cm³/mol. The normalized spacial score (nSPS) is 11.0. The molecule has 0 spiro atoms. The zero-order valence-corrected chi connectivity index (χ0v) is 15.9. The van der Waals surface area contributed by atoms with Crippen LogP contribution in [0.2, 0.25) is 0 Å². The van der Waals surface area contributed by atoms with Crippen molar-refractivity contribution < 1.29 is 14.7 Å². The van der Waals surface area contributed by atoms with Gasteiger partial charge in [-0.15, -0.1) is 0 Å². The molecule has 0 fully saturated rings. The van der Waals surface area contributed by atoms with E-state index in [1.807, 2.05) is 42.5 Å². The summed E-state index contributed by atoms with van der Waals surface area (Å²) in [5, 5.41) is 16.2. The van der Waals surface area contributed by atoms with Crippen molar-refractivity contribution in [3.05, 3.63) is 95.6 Å². The standard InChI is InChI=1S/C23H21N3O3/c1-16(25-26-23(29)19-9-13-21(27)14-10-19)18-7-11-20(12-8-18)24-22(28)15-17-5-3-2-4-6-17/h2-14,27H,15H2,1H3,(H,24,28)(H,26,29)/b25-16+. The van der Waals surface area contributed by atoms with Gasteiger partial charge >= 0.3 is 0 Å². The van der Waals surface area contributed by atoms with E-state index in [0.29, 0.717) is 23.4 Å². The molecule has 0 saturated heterocycles. The molecule has 0 unspecified atom stereocenters. The zero-order chi connectivity index (χ0) is 20.6. The maximum Gasteiger partial charge on any atom is 0.271 e. The van der Waals surface area contributed by atoms with Crippen LogP contribution in [0.4, 0.5) is 5.69 Å². The van der Waals surface area contributed by atoms with E-state index >= 15 is 0 Å². The molecule has 0 atom stereocenters. The Balaban J connectivity index is 1.57. The lowest BCUT2D eigenvalue weighted by Crippen LogP contribution is -2.19. The first kappa shape index (κ1) is 19.8. The number of hydrogen-bond acceptors (Lipinski definition) is 4. The van der Waals surface area contributed by atoms with Crippen LogP contribution in [0.25, 0.3) is 0 Å². The Morgan fingerprint density at radius 1 is 0.862 bits per heavy atom. The Labute approximate surface area is 168 Å². The van der Waals surface area contributed by atoms with Gasteiger partial charge in [-0.2, -0.15) is 5.10 Å². The third-order valence-electron chi connectivity index (χ3n) is 4.25. The Morgan fingerprint density at radius 2 is 1.48 bits per heavy atom. The Kier molecular flexibility index (Phi) is 6.37. The fourth-order valence-corrected chi connectivity index (χ4v) is 2.66. The fourth-order valence-electron chi connectivity index (χ4n) is 2.66. The van der Waals surface area contributed by atoms with Crippen LogP contribution in [0, 0.1) is 0 Å². The number of hydrogen-bond donors (Lipinski definition) is 3. The quantitative estimate of drug-likeness (QED) is 0.445. The minimum atomic E-state index is -0.367. The van der Waals surface area contributed by atoms with E-state index in [4.69, 9.17) is 0 Å². The van der Waals surface area contributed by atoms with Crippen LogP contribution < -0.4 is 10.7 Å². The zero-order valence-electron chi connectivity index (χ0n) is 15.9. The third kappa shape index (κ3) is 5.77. The highest BCUT2D eigenvalue weighted by Crippen LogP contribution is 2.12. The van der Waals surface area contributed by atoms with E-state index in [1.165, 1.54) is 24.3 Å². The van der Waals surface area contributed by atoms with Crippen molar-refractivity contribution in [1.29, 1.82) is 0 Å². The Hall–Kier alpha value is -3.93. The van der Waals surface area contributed by atoms with Crippen LogP contribution in [0.3, 0.4) is 0 Å². The number of anilines is 1. The van der Waals surface area contributed by atoms with Crippen LogP contribution in [0.15, 0.2) is 84.0 Å². The second-order valence-corrected chi connectivity index (χ2v) is 6.47. The molecule has 146 valence electrons. The van der Waals surface area contributed by atoms with E-state index in [0.717, 1.165) is 11.1 Å². The Morgan fingerprint density at radius 3 is 2.14 bits per heavy atom. The number of amides is 2. The van der Waals surface area contributed by atoms with Crippen LogP contribution in [0.5, 0.6) is 5.75 Å². The molecule has 0 saturated carbocycles. The molecule has 0 aromatic heterocycles. The van der Waals surface area contributed by atoms with Gasteiger partial charge in [0.2, 0.25) is 5.91 Å². The summed E-state index contributed by atoms with van der Waals surface area (Å²) < 4.78 is 0. The number of benzene rings is 3. The minimum absolute atomic E-state index is 0.0875. The summed E-state index contributed by atoms with van der Waals surface area (Å²) >= 11 is 0. The van der Waals surface area contributed by atoms with Gasteiger partial charge in [0.25, 0.3) is 5.91 Å². The van der Waals surface area contributed by atoms with E-state index < -0.39 is 0 Å². The molecule has 3 aromatic carbocycles. The molecular formula is C23H21N3O3. The van der Waals surface area contributed by atoms with Gasteiger partial charge in [-0.25, -0.2) is 5.43 Å². The summed E-state index contributed by atoms with van der Waals surface area (Å²) in [5.74, 6) is -0.359. The molecule has 0 heterocycles. The van der Waals surface area contributed by atoms with Crippen LogP contribution >= 0.6 is 0 Å². The maximum atomic E-state index is 12.1. The van der Waals surface area contributed by atoms with Gasteiger partial charge in [-0.05, 0) is 54.4 Å². The van der Waals surface area contributed by atoms with E-state index in [-0.39, 0.29) is 17.6 Å². The number of phenolic OH excluding ortho intramolecular Hbond substituents is 1. The van der Waals surface area contributed by atoms with Crippen molar-refractivity contribution >= 4 is 23.2 Å².